The number of nitrogens with zero attached hydrogens (tertiary/aromatic N) is 2. The van der Waals surface area contributed by atoms with Crippen LogP contribution < -0.4 is 4.74 Å². The number of aryl methyl sites for hydroxylation is 1. The molecule has 4 rings (SSSR count). The van der Waals surface area contributed by atoms with Crippen molar-refractivity contribution in [3.05, 3.63) is 79.2 Å². The van der Waals surface area contributed by atoms with Gasteiger partial charge in [0.05, 0.1) is 17.3 Å². The number of carbonyl (C=O) groups excluding carboxylic acids is 1. The summed E-state index contributed by atoms with van der Waals surface area (Å²) in [5.74, 6) is -0.129. The van der Waals surface area contributed by atoms with Crippen LogP contribution in [0.15, 0.2) is 53.0 Å². The fourth-order valence-electron chi connectivity index (χ4n) is 2.82. The lowest BCUT2D eigenvalue weighted by Gasteiger charge is -2.06. The van der Waals surface area contributed by atoms with E-state index in [2.05, 4.69) is 21.0 Å². The monoisotopic (exact) mass is 494 g/mol. The summed E-state index contributed by atoms with van der Waals surface area (Å²) in [4.78, 5) is 14.0. The van der Waals surface area contributed by atoms with Crippen LogP contribution in [0.25, 0.3) is 10.2 Å². The smallest absolute Gasteiger partial charge is 0.353 e. The standard InChI is InChI=1S/C20H13BrCl2N2O2S/c1-11-14-9-18(20(26)27-17-7-6-13(21)8-16(17)23)28-19(14)25(24-11)10-12-4-2-3-5-15(12)22/h2-9H,10H2,1H3. The maximum Gasteiger partial charge on any atom is 0.353 e. The molecule has 0 fully saturated rings. The average Bonchev–Trinajstić information content (AvgIpc) is 3.21. The number of carbonyl (C=O) groups is 1. The van der Waals surface area contributed by atoms with E-state index in [-0.39, 0.29) is 0 Å². The molecule has 0 bridgehead atoms. The summed E-state index contributed by atoms with van der Waals surface area (Å²) in [5, 5.41) is 6.56. The number of thiophene rings is 1. The molecule has 0 saturated heterocycles. The summed E-state index contributed by atoms with van der Waals surface area (Å²) in [5.41, 5.74) is 1.81. The van der Waals surface area contributed by atoms with Crippen LogP contribution in [0, 0.1) is 6.92 Å². The van der Waals surface area contributed by atoms with Gasteiger partial charge in [-0.1, -0.05) is 57.3 Å². The van der Waals surface area contributed by atoms with Crippen molar-refractivity contribution in [3.63, 3.8) is 0 Å². The number of benzene rings is 2. The number of rotatable bonds is 4. The minimum Gasteiger partial charge on any atom is -0.421 e. The minimum atomic E-state index is -0.450. The van der Waals surface area contributed by atoms with Gasteiger partial charge in [-0.25, -0.2) is 4.79 Å². The SMILES string of the molecule is Cc1nn(Cc2ccccc2Cl)c2sc(C(=O)Oc3ccc(Br)cc3Cl)cc12. The maximum atomic E-state index is 12.6. The first-order valence-electron chi connectivity index (χ1n) is 8.30. The molecule has 4 nitrogen and oxygen atoms in total. The zero-order valence-electron chi connectivity index (χ0n) is 14.6. The predicted octanol–water partition coefficient (Wildman–Crippen LogP) is 6.74. The third-order valence-corrected chi connectivity index (χ3v) is 6.47. The molecule has 2 heterocycles. The van der Waals surface area contributed by atoms with E-state index < -0.39 is 5.97 Å². The van der Waals surface area contributed by atoms with E-state index in [0.29, 0.717) is 27.2 Å². The Labute approximate surface area is 183 Å². The molecular formula is C20H13BrCl2N2O2S. The number of halogens is 3. The Balaban J connectivity index is 1.64. The quantitative estimate of drug-likeness (QED) is 0.232. The highest BCUT2D eigenvalue weighted by Crippen LogP contribution is 2.32. The van der Waals surface area contributed by atoms with Gasteiger partial charge < -0.3 is 4.74 Å². The van der Waals surface area contributed by atoms with E-state index in [4.69, 9.17) is 27.9 Å². The molecule has 0 aliphatic rings. The first kappa shape index (κ1) is 19.5. The van der Waals surface area contributed by atoms with Gasteiger partial charge in [0.2, 0.25) is 0 Å². The second-order valence-corrected chi connectivity index (χ2v) is 8.89. The molecule has 8 heteroatoms. The van der Waals surface area contributed by atoms with Crippen LogP contribution in [0.1, 0.15) is 20.9 Å². The van der Waals surface area contributed by atoms with Gasteiger partial charge in [0.1, 0.15) is 15.5 Å². The van der Waals surface area contributed by atoms with Gasteiger partial charge in [-0.05, 0) is 42.8 Å². The molecule has 0 amide bonds. The molecule has 4 aromatic rings. The molecule has 142 valence electrons. The van der Waals surface area contributed by atoms with Crippen molar-refractivity contribution < 1.29 is 9.53 Å². The van der Waals surface area contributed by atoms with Crippen LogP contribution in [0.2, 0.25) is 10.0 Å². The van der Waals surface area contributed by atoms with Crippen LogP contribution in [-0.2, 0) is 6.54 Å². The fraction of sp³-hybridized carbons (Fsp3) is 0.100. The molecule has 2 aromatic carbocycles. The van der Waals surface area contributed by atoms with Gasteiger partial charge in [-0.15, -0.1) is 11.3 Å². The Kier molecular flexibility index (Phi) is 5.47. The first-order chi connectivity index (χ1) is 13.4. The van der Waals surface area contributed by atoms with Gasteiger partial charge in [0, 0.05) is 14.9 Å². The zero-order valence-corrected chi connectivity index (χ0v) is 18.5. The Morgan fingerprint density at radius 3 is 2.71 bits per heavy atom. The molecular weight excluding hydrogens is 483 g/mol. The van der Waals surface area contributed by atoms with E-state index >= 15 is 0 Å². The van der Waals surface area contributed by atoms with Crippen molar-refractivity contribution in [1.29, 1.82) is 0 Å². The molecule has 0 atom stereocenters. The van der Waals surface area contributed by atoms with Gasteiger partial charge in [0.15, 0.2) is 0 Å². The van der Waals surface area contributed by atoms with E-state index in [9.17, 15) is 4.79 Å². The first-order valence-corrected chi connectivity index (χ1v) is 10.7. The van der Waals surface area contributed by atoms with Crippen LogP contribution >= 0.6 is 50.5 Å². The lowest BCUT2D eigenvalue weighted by atomic mass is 10.2. The Hall–Kier alpha value is -1.86. The number of hydrogen-bond acceptors (Lipinski definition) is 4. The summed E-state index contributed by atoms with van der Waals surface area (Å²) in [7, 11) is 0. The van der Waals surface area contributed by atoms with Crippen molar-refractivity contribution in [2.24, 2.45) is 0 Å². The summed E-state index contributed by atoms with van der Waals surface area (Å²) in [6, 6.07) is 14.6. The molecule has 28 heavy (non-hydrogen) atoms. The van der Waals surface area contributed by atoms with Crippen molar-refractivity contribution >= 4 is 66.7 Å². The fourth-order valence-corrected chi connectivity index (χ4v) is 4.76. The lowest BCUT2D eigenvalue weighted by Crippen LogP contribution is -2.07. The molecule has 2 aromatic heterocycles. The van der Waals surface area contributed by atoms with Gasteiger partial charge in [0.25, 0.3) is 0 Å². The topological polar surface area (TPSA) is 44.1 Å². The van der Waals surface area contributed by atoms with Crippen LogP contribution in [-0.4, -0.2) is 15.7 Å². The Morgan fingerprint density at radius 1 is 1.18 bits per heavy atom. The van der Waals surface area contributed by atoms with E-state index in [0.717, 1.165) is 25.9 Å². The van der Waals surface area contributed by atoms with Crippen molar-refractivity contribution in [3.8, 4) is 5.75 Å². The molecule has 0 saturated carbocycles. The maximum absolute atomic E-state index is 12.6. The highest BCUT2D eigenvalue weighted by atomic mass is 79.9. The molecule has 0 aliphatic carbocycles. The zero-order chi connectivity index (χ0) is 19.8. The van der Waals surface area contributed by atoms with Crippen molar-refractivity contribution in [1.82, 2.24) is 9.78 Å². The number of esters is 1. The minimum absolute atomic E-state index is 0.321. The highest BCUT2D eigenvalue weighted by molar-refractivity contribution is 9.10. The molecule has 0 aliphatic heterocycles. The Bertz CT molecular complexity index is 1200. The van der Waals surface area contributed by atoms with Crippen LogP contribution in [0.4, 0.5) is 0 Å². The molecule has 0 unspecified atom stereocenters. The third kappa shape index (κ3) is 3.82. The summed E-state index contributed by atoms with van der Waals surface area (Å²) in [6.45, 7) is 2.44. The average molecular weight is 496 g/mol. The molecule has 0 radical (unpaired) electrons. The van der Waals surface area contributed by atoms with Crippen LogP contribution in [0.5, 0.6) is 5.75 Å². The molecule has 0 spiro atoms. The van der Waals surface area contributed by atoms with Crippen molar-refractivity contribution in [2.45, 2.75) is 13.5 Å². The number of hydrogen-bond donors (Lipinski definition) is 0. The molecule has 0 N–H and O–H groups in total. The van der Waals surface area contributed by atoms with Crippen molar-refractivity contribution in [2.75, 3.05) is 0 Å². The normalized spacial score (nSPS) is 11.1. The number of fused-ring (bicyclic) bond motifs is 1. The summed E-state index contributed by atoms with van der Waals surface area (Å²) >= 11 is 17.1. The summed E-state index contributed by atoms with van der Waals surface area (Å²) < 4.78 is 8.15. The lowest BCUT2D eigenvalue weighted by molar-refractivity contribution is 0.0740. The number of aromatic nitrogens is 2. The Morgan fingerprint density at radius 2 is 1.96 bits per heavy atom. The van der Waals surface area contributed by atoms with Crippen LogP contribution in [0.3, 0.4) is 0 Å². The van der Waals surface area contributed by atoms with Gasteiger partial charge in [-0.3, -0.25) is 4.68 Å². The second kappa shape index (κ2) is 7.87. The third-order valence-electron chi connectivity index (χ3n) is 4.18. The predicted molar refractivity (Wildman–Crippen MR) is 117 cm³/mol. The summed E-state index contributed by atoms with van der Waals surface area (Å²) in [6.07, 6.45) is 0. The van der Waals surface area contributed by atoms with E-state index in [1.54, 1.807) is 24.3 Å². The number of ether oxygens (including phenoxy) is 1. The van der Waals surface area contributed by atoms with Gasteiger partial charge >= 0.3 is 5.97 Å². The van der Waals surface area contributed by atoms with Gasteiger partial charge in [-0.2, -0.15) is 5.10 Å². The largest absolute Gasteiger partial charge is 0.421 e. The highest BCUT2D eigenvalue weighted by Gasteiger charge is 2.19. The van der Waals surface area contributed by atoms with E-state index in [1.807, 2.05) is 35.9 Å². The van der Waals surface area contributed by atoms with E-state index in [1.165, 1.54) is 11.3 Å². The second-order valence-electron chi connectivity index (χ2n) is 6.13.